The van der Waals surface area contributed by atoms with Gasteiger partial charge in [-0.25, -0.2) is 0 Å². The first-order valence-electron chi connectivity index (χ1n) is 11.8. The Morgan fingerprint density at radius 3 is 2.14 bits per heavy atom. The fourth-order valence-electron chi connectivity index (χ4n) is 4.28. The Morgan fingerprint density at radius 2 is 1.61 bits per heavy atom. The number of hydrogen-bond donors (Lipinski definition) is 0. The Labute approximate surface area is 176 Å². The van der Waals surface area contributed by atoms with Gasteiger partial charge in [-0.1, -0.05) is 99.1 Å². The van der Waals surface area contributed by atoms with Crippen LogP contribution in [0.4, 0.5) is 0 Å². The number of hydrogen-bond acceptors (Lipinski definition) is 2. The van der Waals surface area contributed by atoms with Crippen molar-refractivity contribution in [1.29, 1.82) is 0 Å². The molecule has 2 heteroatoms. The Bertz CT molecular complexity index is 445. The number of rotatable bonds is 15. The molecule has 0 N–H and O–H groups in total. The maximum atomic E-state index is 12.6. The number of ether oxygens (including phenoxy) is 1. The van der Waals surface area contributed by atoms with Gasteiger partial charge in [0.05, 0.1) is 5.41 Å². The third-order valence-corrected chi connectivity index (χ3v) is 5.86. The first-order chi connectivity index (χ1) is 12.9. The lowest BCUT2D eigenvalue weighted by atomic mass is 9.79. The highest BCUT2D eigenvalue weighted by molar-refractivity contribution is 5.76. The topological polar surface area (TPSA) is 26.3 Å². The van der Waals surface area contributed by atoms with Crippen LogP contribution < -0.4 is 0 Å². The molecule has 2 unspecified atom stereocenters. The molecule has 2 nitrogen and oxygen atoms in total. The highest BCUT2D eigenvalue weighted by Gasteiger charge is 2.32. The van der Waals surface area contributed by atoms with Crippen molar-refractivity contribution in [3.05, 3.63) is 12.2 Å². The SMILES string of the molecule is CCCCC(C)CCC(CC)CC(C)(C)C(=O)OCC=CC(C)(C)CC(C)C. The lowest BCUT2D eigenvalue weighted by molar-refractivity contribution is -0.153. The largest absolute Gasteiger partial charge is 0.461 e. The standard InChI is InChI=1S/C26H50O2/c1-10-12-14-22(5)15-16-23(11-2)20-26(8,9)24(27)28-18-13-17-25(6,7)19-21(3)4/h13,17,21-23H,10-12,14-16,18-20H2,1-9H3. The van der Waals surface area contributed by atoms with E-state index in [1.807, 2.05) is 19.9 Å². The van der Waals surface area contributed by atoms with Crippen molar-refractivity contribution in [2.24, 2.45) is 28.6 Å². The van der Waals surface area contributed by atoms with Gasteiger partial charge in [0.15, 0.2) is 0 Å². The van der Waals surface area contributed by atoms with Crippen molar-refractivity contribution in [2.75, 3.05) is 6.61 Å². The van der Waals surface area contributed by atoms with E-state index in [0.29, 0.717) is 18.4 Å². The zero-order chi connectivity index (χ0) is 21.8. The van der Waals surface area contributed by atoms with Gasteiger partial charge in [0.25, 0.3) is 0 Å². The fraction of sp³-hybridized carbons (Fsp3) is 0.885. The van der Waals surface area contributed by atoms with E-state index >= 15 is 0 Å². The number of carbonyl (C=O) groups excluding carboxylic acids is 1. The molecule has 0 spiro atoms. The summed E-state index contributed by atoms with van der Waals surface area (Å²) >= 11 is 0. The van der Waals surface area contributed by atoms with E-state index < -0.39 is 5.41 Å². The first-order valence-corrected chi connectivity index (χ1v) is 11.8. The summed E-state index contributed by atoms with van der Waals surface area (Å²) in [6, 6.07) is 0. The normalized spacial score (nSPS) is 15.2. The number of unbranched alkanes of at least 4 members (excludes halogenated alkanes) is 1. The second-order valence-corrected chi connectivity index (χ2v) is 10.8. The molecule has 0 saturated heterocycles. The second kappa shape index (κ2) is 13.4. The molecule has 28 heavy (non-hydrogen) atoms. The first kappa shape index (κ1) is 27.2. The van der Waals surface area contributed by atoms with Gasteiger partial charge in [0, 0.05) is 0 Å². The molecule has 0 aliphatic carbocycles. The zero-order valence-corrected chi connectivity index (χ0v) is 20.6. The van der Waals surface area contributed by atoms with Gasteiger partial charge in [0.2, 0.25) is 0 Å². The summed E-state index contributed by atoms with van der Waals surface area (Å²) in [5.41, 5.74) is -0.257. The van der Waals surface area contributed by atoms with Crippen LogP contribution in [0.25, 0.3) is 0 Å². The smallest absolute Gasteiger partial charge is 0.311 e. The Hall–Kier alpha value is -0.790. The summed E-state index contributed by atoms with van der Waals surface area (Å²) in [4.78, 5) is 12.6. The average molecular weight is 395 g/mol. The van der Waals surface area contributed by atoms with Crippen LogP contribution in [0.3, 0.4) is 0 Å². The molecule has 0 aromatic rings. The van der Waals surface area contributed by atoms with Crippen molar-refractivity contribution >= 4 is 5.97 Å². The van der Waals surface area contributed by atoms with Crippen molar-refractivity contribution in [1.82, 2.24) is 0 Å². The zero-order valence-electron chi connectivity index (χ0n) is 20.6. The minimum absolute atomic E-state index is 0.0590. The van der Waals surface area contributed by atoms with E-state index in [2.05, 4.69) is 54.5 Å². The van der Waals surface area contributed by atoms with Gasteiger partial charge in [-0.15, -0.1) is 0 Å². The molecule has 0 saturated carbocycles. The van der Waals surface area contributed by atoms with E-state index in [4.69, 9.17) is 4.74 Å². The average Bonchev–Trinajstić information content (AvgIpc) is 2.58. The quantitative estimate of drug-likeness (QED) is 0.206. The molecule has 0 bridgehead atoms. The lowest BCUT2D eigenvalue weighted by Gasteiger charge is -2.28. The van der Waals surface area contributed by atoms with E-state index in [9.17, 15) is 4.79 Å². The predicted octanol–water partition coefficient (Wildman–Crippen LogP) is 8.21. The molecular weight excluding hydrogens is 344 g/mol. The fourth-order valence-corrected chi connectivity index (χ4v) is 4.28. The van der Waals surface area contributed by atoms with Crippen LogP contribution in [0, 0.1) is 28.6 Å². The molecule has 0 aromatic carbocycles. The van der Waals surface area contributed by atoms with Crippen molar-refractivity contribution in [3.8, 4) is 0 Å². The predicted molar refractivity (Wildman–Crippen MR) is 123 cm³/mol. The molecular formula is C26H50O2. The molecule has 0 heterocycles. The van der Waals surface area contributed by atoms with Gasteiger partial charge in [-0.3, -0.25) is 4.79 Å². The number of allylic oxidation sites excluding steroid dienone is 1. The van der Waals surface area contributed by atoms with Crippen LogP contribution in [-0.4, -0.2) is 12.6 Å². The minimum Gasteiger partial charge on any atom is -0.461 e. The van der Waals surface area contributed by atoms with Crippen molar-refractivity contribution < 1.29 is 9.53 Å². The summed E-state index contributed by atoms with van der Waals surface area (Å²) in [7, 11) is 0. The van der Waals surface area contributed by atoms with Crippen molar-refractivity contribution in [2.45, 2.75) is 114 Å². The van der Waals surface area contributed by atoms with Gasteiger partial charge >= 0.3 is 5.97 Å². The lowest BCUT2D eigenvalue weighted by Crippen LogP contribution is -2.29. The summed E-state index contributed by atoms with van der Waals surface area (Å²) in [5, 5.41) is 0. The van der Waals surface area contributed by atoms with Gasteiger partial charge in [-0.2, -0.15) is 0 Å². The van der Waals surface area contributed by atoms with Crippen LogP contribution in [0.15, 0.2) is 12.2 Å². The van der Waals surface area contributed by atoms with Crippen LogP contribution in [0.2, 0.25) is 0 Å². The molecule has 0 radical (unpaired) electrons. The number of esters is 1. The van der Waals surface area contributed by atoms with Crippen LogP contribution >= 0.6 is 0 Å². The summed E-state index contributed by atoms with van der Waals surface area (Å²) in [6.45, 7) is 20.3. The molecule has 0 aliphatic rings. The van der Waals surface area contributed by atoms with Gasteiger partial charge in [0.1, 0.15) is 6.61 Å². The van der Waals surface area contributed by atoms with Gasteiger partial charge < -0.3 is 4.74 Å². The monoisotopic (exact) mass is 394 g/mol. The van der Waals surface area contributed by atoms with Gasteiger partial charge in [-0.05, 0) is 49.9 Å². The van der Waals surface area contributed by atoms with Crippen LogP contribution in [-0.2, 0) is 9.53 Å². The maximum Gasteiger partial charge on any atom is 0.311 e. The summed E-state index contributed by atoms with van der Waals surface area (Å²) in [6.07, 6.45) is 13.9. The molecule has 0 rings (SSSR count). The maximum absolute atomic E-state index is 12.6. The van der Waals surface area contributed by atoms with E-state index in [-0.39, 0.29) is 11.4 Å². The summed E-state index contributed by atoms with van der Waals surface area (Å²) < 4.78 is 5.61. The second-order valence-electron chi connectivity index (χ2n) is 10.8. The summed E-state index contributed by atoms with van der Waals surface area (Å²) in [5.74, 6) is 2.00. The molecule has 2 atom stereocenters. The minimum atomic E-state index is -0.408. The Morgan fingerprint density at radius 1 is 0.964 bits per heavy atom. The molecule has 0 aromatic heterocycles. The van der Waals surface area contributed by atoms with Crippen LogP contribution in [0.5, 0.6) is 0 Å². The third-order valence-electron chi connectivity index (χ3n) is 5.86. The number of carbonyl (C=O) groups is 1. The molecule has 0 amide bonds. The van der Waals surface area contributed by atoms with Crippen LogP contribution in [0.1, 0.15) is 114 Å². The third kappa shape index (κ3) is 12.6. The van der Waals surface area contributed by atoms with Crippen molar-refractivity contribution in [3.63, 3.8) is 0 Å². The molecule has 0 fully saturated rings. The highest BCUT2D eigenvalue weighted by Crippen LogP contribution is 2.32. The highest BCUT2D eigenvalue weighted by atomic mass is 16.5. The Balaban J connectivity index is 4.47. The Kier molecular flexibility index (Phi) is 13.1. The molecule has 166 valence electrons. The van der Waals surface area contributed by atoms with E-state index in [0.717, 1.165) is 25.2 Å². The van der Waals surface area contributed by atoms with E-state index in [1.54, 1.807) is 0 Å². The molecule has 0 aliphatic heterocycles. The van der Waals surface area contributed by atoms with E-state index in [1.165, 1.54) is 32.1 Å².